The molecule has 2 atom stereocenters. The molecule has 2 aromatic heterocycles. The number of nitrogens with one attached hydrogen (secondary N) is 2. The molecule has 152 valence electrons. The van der Waals surface area contributed by atoms with Crippen LogP contribution in [-0.4, -0.2) is 38.4 Å². The fraction of sp³-hybridized carbons (Fsp3) is 0.571. The second-order valence-electron chi connectivity index (χ2n) is 8.29. The fourth-order valence-electron chi connectivity index (χ4n) is 3.64. The van der Waals surface area contributed by atoms with Gasteiger partial charge >= 0.3 is 6.09 Å². The molecule has 1 aliphatic carbocycles. The van der Waals surface area contributed by atoms with E-state index in [9.17, 15) is 4.79 Å². The van der Waals surface area contributed by atoms with E-state index in [1.165, 1.54) is 5.57 Å². The Hall–Kier alpha value is -2.57. The maximum absolute atomic E-state index is 12.0. The van der Waals surface area contributed by atoms with Gasteiger partial charge in [-0.3, -0.25) is 0 Å². The van der Waals surface area contributed by atoms with Gasteiger partial charge in [0.15, 0.2) is 5.65 Å². The minimum atomic E-state index is -0.483. The summed E-state index contributed by atoms with van der Waals surface area (Å²) in [4.78, 5) is 16.7. The Morgan fingerprint density at radius 1 is 1.36 bits per heavy atom. The van der Waals surface area contributed by atoms with Crippen molar-refractivity contribution in [2.45, 2.75) is 78.0 Å². The van der Waals surface area contributed by atoms with Crippen molar-refractivity contribution in [3.63, 3.8) is 0 Å². The molecule has 0 saturated heterocycles. The van der Waals surface area contributed by atoms with E-state index in [1.54, 1.807) is 6.20 Å². The zero-order valence-electron chi connectivity index (χ0n) is 17.5. The van der Waals surface area contributed by atoms with Crippen LogP contribution in [0.4, 0.5) is 10.6 Å². The van der Waals surface area contributed by atoms with Gasteiger partial charge < -0.3 is 15.4 Å². The third-order valence-corrected chi connectivity index (χ3v) is 4.92. The number of hydrogen-bond acceptors (Lipinski definition) is 5. The first-order chi connectivity index (χ1) is 13.3. The van der Waals surface area contributed by atoms with Crippen LogP contribution >= 0.6 is 0 Å². The molecule has 1 saturated carbocycles. The van der Waals surface area contributed by atoms with E-state index in [1.807, 2.05) is 38.3 Å². The van der Waals surface area contributed by atoms with Crippen molar-refractivity contribution in [1.29, 1.82) is 0 Å². The highest BCUT2D eigenvalue weighted by molar-refractivity contribution is 5.68. The van der Waals surface area contributed by atoms with Gasteiger partial charge in [0.25, 0.3) is 0 Å². The van der Waals surface area contributed by atoms with Crippen LogP contribution < -0.4 is 10.6 Å². The number of hydrogen-bond donors (Lipinski definition) is 2. The molecule has 0 bridgehead atoms. The van der Waals surface area contributed by atoms with Crippen molar-refractivity contribution in [3.05, 3.63) is 30.1 Å². The Kier molecular flexibility index (Phi) is 5.91. The number of carbonyl (C=O) groups excluding carboxylic acids is 1. The second kappa shape index (κ2) is 8.20. The van der Waals surface area contributed by atoms with Gasteiger partial charge in [-0.2, -0.15) is 9.61 Å². The van der Waals surface area contributed by atoms with Crippen molar-refractivity contribution in [2.75, 3.05) is 5.32 Å². The quantitative estimate of drug-likeness (QED) is 0.797. The summed E-state index contributed by atoms with van der Waals surface area (Å²) >= 11 is 0. The fourth-order valence-corrected chi connectivity index (χ4v) is 3.64. The summed E-state index contributed by atoms with van der Waals surface area (Å²) in [6.07, 6.45) is 7.20. The summed E-state index contributed by atoms with van der Waals surface area (Å²) in [6.45, 7) is 9.79. The molecule has 28 heavy (non-hydrogen) atoms. The van der Waals surface area contributed by atoms with Crippen molar-refractivity contribution in [3.8, 4) is 0 Å². The number of amides is 1. The zero-order chi connectivity index (χ0) is 20.3. The maximum atomic E-state index is 12.0. The summed E-state index contributed by atoms with van der Waals surface area (Å²) < 4.78 is 7.20. The van der Waals surface area contributed by atoms with Crippen molar-refractivity contribution in [2.24, 2.45) is 0 Å². The van der Waals surface area contributed by atoms with Crippen LogP contribution in [0.5, 0.6) is 0 Å². The molecule has 2 aromatic rings. The van der Waals surface area contributed by atoms with Gasteiger partial charge in [0.05, 0.1) is 11.9 Å². The molecular formula is C21H31N5O2. The number of fused-ring (bicyclic) bond motifs is 1. The van der Waals surface area contributed by atoms with E-state index in [0.717, 1.165) is 42.8 Å². The number of aromatic nitrogens is 3. The molecule has 1 fully saturated rings. The summed E-state index contributed by atoms with van der Waals surface area (Å²) in [5.74, 6) is 0.931. The van der Waals surface area contributed by atoms with Gasteiger partial charge in [0.2, 0.25) is 0 Å². The number of rotatable bonds is 5. The average Bonchev–Trinajstić information content (AvgIpc) is 3.23. The van der Waals surface area contributed by atoms with E-state index < -0.39 is 5.60 Å². The van der Waals surface area contributed by atoms with Crippen LogP contribution in [0.15, 0.2) is 24.4 Å². The van der Waals surface area contributed by atoms with Gasteiger partial charge in [0.1, 0.15) is 11.4 Å². The van der Waals surface area contributed by atoms with Gasteiger partial charge in [-0.1, -0.05) is 13.0 Å². The maximum Gasteiger partial charge on any atom is 0.407 e. The predicted molar refractivity (Wildman–Crippen MR) is 111 cm³/mol. The zero-order valence-corrected chi connectivity index (χ0v) is 17.5. The van der Waals surface area contributed by atoms with Gasteiger partial charge in [0, 0.05) is 24.2 Å². The first kappa shape index (κ1) is 20.2. The van der Waals surface area contributed by atoms with Gasteiger partial charge in [-0.25, -0.2) is 9.78 Å². The molecule has 7 nitrogen and oxygen atoms in total. The van der Waals surface area contributed by atoms with E-state index >= 15 is 0 Å². The lowest BCUT2D eigenvalue weighted by Crippen LogP contribution is -2.38. The molecule has 0 spiro atoms. The Labute approximate surface area is 166 Å². The van der Waals surface area contributed by atoms with Crippen LogP contribution in [0.2, 0.25) is 0 Å². The molecule has 2 N–H and O–H groups in total. The highest BCUT2D eigenvalue weighted by Gasteiger charge is 2.28. The smallest absolute Gasteiger partial charge is 0.407 e. The Bertz CT molecular complexity index is 865. The van der Waals surface area contributed by atoms with Crippen molar-refractivity contribution >= 4 is 23.1 Å². The monoisotopic (exact) mass is 385 g/mol. The third kappa shape index (κ3) is 4.82. The Morgan fingerprint density at radius 2 is 2.11 bits per heavy atom. The lowest BCUT2D eigenvalue weighted by molar-refractivity contribution is 0.0505. The molecule has 0 aromatic carbocycles. The third-order valence-electron chi connectivity index (χ3n) is 4.92. The van der Waals surface area contributed by atoms with Crippen molar-refractivity contribution in [1.82, 2.24) is 19.9 Å². The Morgan fingerprint density at radius 3 is 2.79 bits per heavy atom. The van der Waals surface area contributed by atoms with Crippen LogP contribution in [0.25, 0.3) is 11.2 Å². The standard InChI is InChI=1S/C21H31N5O2/c1-6-14(7-2)17-13-19(26-18(25-17)10-11-22-26)23-15-8-9-16(12-15)24-20(27)28-21(3,4)5/h6,10-11,13,15-16,23H,7-9,12H2,1-5H3,(H,24,27)/b14-6+/t15-,16-/m0/s1. The summed E-state index contributed by atoms with van der Waals surface area (Å²) in [5, 5.41) is 11.0. The largest absolute Gasteiger partial charge is 0.444 e. The first-order valence-electron chi connectivity index (χ1n) is 10.1. The van der Waals surface area contributed by atoms with E-state index in [-0.39, 0.29) is 18.2 Å². The molecule has 3 rings (SSSR count). The topological polar surface area (TPSA) is 80.5 Å². The molecule has 7 heteroatoms. The SMILES string of the molecule is C/C=C(\CC)c1cc(N[C@H]2CC[C@H](NC(=O)OC(C)(C)C)C2)n2nccc2n1. The summed E-state index contributed by atoms with van der Waals surface area (Å²) in [6, 6.07) is 4.36. The van der Waals surface area contributed by atoms with E-state index in [4.69, 9.17) is 9.72 Å². The predicted octanol–water partition coefficient (Wildman–Crippen LogP) is 4.40. The Balaban J connectivity index is 1.70. The minimum absolute atomic E-state index is 0.114. The number of nitrogens with zero attached hydrogens (tertiary/aromatic N) is 3. The second-order valence-corrected chi connectivity index (χ2v) is 8.29. The van der Waals surface area contributed by atoms with E-state index in [0.29, 0.717) is 0 Å². The normalized spacial score (nSPS) is 20.4. The number of alkyl carbamates (subject to hydrolysis) is 1. The molecule has 2 heterocycles. The lowest BCUT2D eigenvalue weighted by atomic mass is 10.1. The molecule has 0 radical (unpaired) electrons. The van der Waals surface area contributed by atoms with Crippen LogP contribution in [0, 0.1) is 0 Å². The number of anilines is 1. The van der Waals surface area contributed by atoms with Crippen LogP contribution in [-0.2, 0) is 4.74 Å². The summed E-state index contributed by atoms with van der Waals surface area (Å²) in [5.41, 5.74) is 2.53. The molecular weight excluding hydrogens is 354 g/mol. The van der Waals surface area contributed by atoms with Crippen molar-refractivity contribution < 1.29 is 9.53 Å². The minimum Gasteiger partial charge on any atom is -0.444 e. The highest BCUT2D eigenvalue weighted by Crippen LogP contribution is 2.26. The highest BCUT2D eigenvalue weighted by atomic mass is 16.6. The van der Waals surface area contributed by atoms with Gasteiger partial charge in [-0.05, 0) is 59.0 Å². The first-order valence-corrected chi connectivity index (χ1v) is 10.1. The molecule has 0 aliphatic heterocycles. The number of ether oxygens (including phenoxy) is 1. The van der Waals surface area contributed by atoms with Crippen LogP contribution in [0.3, 0.4) is 0 Å². The number of allylic oxidation sites excluding steroid dienone is 2. The molecule has 1 amide bonds. The van der Waals surface area contributed by atoms with Crippen LogP contribution in [0.1, 0.15) is 66.0 Å². The summed E-state index contributed by atoms with van der Waals surface area (Å²) in [7, 11) is 0. The molecule has 0 unspecified atom stereocenters. The number of carbonyl (C=O) groups is 1. The van der Waals surface area contributed by atoms with Gasteiger partial charge in [-0.15, -0.1) is 0 Å². The molecule has 1 aliphatic rings. The average molecular weight is 386 g/mol. The lowest BCUT2D eigenvalue weighted by Gasteiger charge is -2.22. The van der Waals surface area contributed by atoms with E-state index in [2.05, 4.69) is 34.8 Å².